The Hall–Kier alpha value is -2.61. The number of amides is 4. The Bertz CT molecular complexity index is 809. The second kappa shape index (κ2) is 10.3. The van der Waals surface area contributed by atoms with Gasteiger partial charge in [0, 0.05) is 51.2 Å². The molecule has 32 heavy (non-hydrogen) atoms. The van der Waals surface area contributed by atoms with Gasteiger partial charge in [-0.25, -0.2) is 4.79 Å². The first-order valence-corrected chi connectivity index (χ1v) is 11.9. The Morgan fingerprint density at radius 3 is 2.53 bits per heavy atom. The van der Waals surface area contributed by atoms with Gasteiger partial charge in [-0.1, -0.05) is 37.3 Å². The summed E-state index contributed by atoms with van der Waals surface area (Å²) in [7, 11) is 0. The molecule has 1 aliphatic carbocycles. The Morgan fingerprint density at radius 1 is 1.06 bits per heavy atom. The molecule has 4 amide bonds. The van der Waals surface area contributed by atoms with Gasteiger partial charge in [0.1, 0.15) is 6.54 Å². The van der Waals surface area contributed by atoms with Gasteiger partial charge >= 0.3 is 6.03 Å². The lowest BCUT2D eigenvalue weighted by Crippen LogP contribution is -2.50. The number of hydrogen-bond acceptors (Lipinski definition) is 4. The second-order valence-electron chi connectivity index (χ2n) is 9.29. The van der Waals surface area contributed by atoms with Gasteiger partial charge in [-0.05, 0) is 37.3 Å². The first kappa shape index (κ1) is 22.6. The molecule has 0 bridgehead atoms. The van der Waals surface area contributed by atoms with Crippen LogP contribution in [0.4, 0.5) is 4.79 Å². The van der Waals surface area contributed by atoms with Crippen LogP contribution < -0.4 is 10.6 Å². The lowest BCUT2D eigenvalue weighted by atomic mass is 10.0. The zero-order valence-corrected chi connectivity index (χ0v) is 19.0. The van der Waals surface area contributed by atoms with Crippen molar-refractivity contribution >= 4 is 17.8 Å². The van der Waals surface area contributed by atoms with Crippen LogP contribution in [0.1, 0.15) is 31.7 Å². The number of rotatable bonds is 5. The molecule has 8 heteroatoms. The highest BCUT2D eigenvalue weighted by atomic mass is 16.2. The molecule has 0 spiro atoms. The van der Waals surface area contributed by atoms with E-state index in [4.69, 9.17) is 0 Å². The zero-order chi connectivity index (χ0) is 22.5. The van der Waals surface area contributed by atoms with Crippen molar-refractivity contribution in [1.82, 2.24) is 25.3 Å². The van der Waals surface area contributed by atoms with Crippen LogP contribution in [0, 0.1) is 11.8 Å². The number of nitrogens with one attached hydrogen (secondary N) is 2. The van der Waals surface area contributed by atoms with E-state index in [0.717, 1.165) is 51.1 Å². The van der Waals surface area contributed by atoms with Gasteiger partial charge in [0.25, 0.3) is 0 Å². The summed E-state index contributed by atoms with van der Waals surface area (Å²) >= 11 is 0. The Morgan fingerprint density at radius 2 is 1.81 bits per heavy atom. The van der Waals surface area contributed by atoms with Crippen LogP contribution in [0.2, 0.25) is 0 Å². The summed E-state index contributed by atoms with van der Waals surface area (Å²) in [4.78, 5) is 44.4. The van der Waals surface area contributed by atoms with E-state index < -0.39 is 0 Å². The van der Waals surface area contributed by atoms with Gasteiger partial charge in [0.05, 0.1) is 0 Å². The van der Waals surface area contributed by atoms with E-state index in [1.807, 2.05) is 35.2 Å². The summed E-state index contributed by atoms with van der Waals surface area (Å²) in [5.41, 5.74) is 1.02. The molecule has 2 aliphatic heterocycles. The number of urea groups is 1. The molecule has 3 aliphatic rings. The lowest BCUT2D eigenvalue weighted by Gasteiger charge is -2.36. The van der Waals surface area contributed by atoms with Crippen molar-refractivity contribution in [3.8, 4) is 0 Å². The van der Waals surface area contributed by atoms with Crippen molar-refractivity contribution in [2.24, 2.45) is 11.8 Å². The molecule has 174 valence electrons. The monoisotopic (exact) mass is 441 g/mol. The van der Waals surface area contributed by atoms with Gasteiger partial charge in [-0.15, -0.1) is 0 Å². The standard InChI is InChI=1S/C24H35N5O3/c1-2-8-27-9-11-28(12-10-27)23(31)19-13-20-16-29(17-22(30)26-21(20)14-19)24(32)25-15-18-6-4-3-5-7-18/h3-7,19-21H,2,8-17H2,1H3,(H,25,32)(H,26,30)/t19-,20+,21+/m0/s1. The molecule has 1 aromatic carbocycles. The zero-order valence-electron chi connectivity index (χ0n) is 19.0. The van der Waals surface area contributed by atoms with Crippen molar-refractivity contribution < 1.29 is 14.4 Å². The van der Waals surface area contributed by atoms with Crippen LogP contribution in [0.25, 0.3) is 0 Å². The van der Waals surface area contributed by atoms with Crippen molar-refractivity contribution in [3.05, 3.63) is 35.9 Å². The molecule has 1 aromatic rings. The molecule has 2 heterocycles. The van der Waals surface area contributed by atoms with Crippen LogP contribution in [0.3, 0.4) is 0 Å². The van der Waals surface area contributed by atoms with E-state index in [1.165, 1.54) is 0 Å². The smallest absolute Gasteiger partial charge is 0.318 e. The average molecular weight is 442 g/mol. The predicted octanol–water partition coefficient (Wildman–Crippen LogP) is 1.28. The molecule has 8 nitrogen and oxygen atoms in total. The first-order chi connectivity index (χ1) is 15.5. The van der Waals surface area contributed by atoms with E-state index in [1.54, 1.807) is 4.90 Å². The van der Waals surface area contributed by atoms with Crippen LogP contribution in [0.5, 0.6) is 0 Å². The van der Waals surface area contributed by atoms with E-state index in [-0.39, 0.29) is 42.3 Å². The quantitative estimate of drug-likeness (QED) is 0.721. The molecule has 0 aromatic heterocycles. The molecule has 0 unspecified atom stereocenters. The first-order valence-electron chi connectivity index (χ1n) is 11.9. The van der Waals surface area contributed by atoms with Gasteiger partial charge in [0.2, 0.25) is 11.8 Å². The number of fused-ring (bicyclic) bond motifs is 1. The fourth-order valence-electron chi connectivity index (χ4n) is 5.28. The SMILES string of the molecule is CCCN1CCN(C(=O)[C@H]2C[C@@H]3CN(C(=O)NCc4ccccc4)CC(=O)N[C@@H]3C2)CC1. The molecule has 3 fully saturated rings. The summed E-state index contributed by atoms with van der Waals surface area (Å²) in [6.45, 7) is 7.69. The van der Waals surface area contributed by atoms with Gasteiger partial charge in [-0.3, -0.25) is 14.5 Å². The average Bonchev–Trinajstić information content (AvgIpc) is 3.12. The molecule has 2 N–H and O–H groups in total. The van der Waals surface area contributed by atoms with E-state index in [9.17, 15) is 14.4 Å². The minimum Gasteiger partial charge on any atom is -0.351 e. The molecule has 3 atom stereocenters. The van der Waals surface area contributed by atoms with Crippen molar-refractivity contribution in [2.45, 2.75) is 38.8 Å². The third-order valence-electron chi connectivity index (χ3n) is 6.98. The number of benzene rings is 1. The Kier molecular flexibility index (Phi) is 7.29. The van der Waals surface area contributed by atoms with E-state index in [2.05, 4.69) is 22.5 Å². The van der Waals surface area contributed by atoms with Crippen molar-refractivity contribution in [1.29, 1.82) is 0 Å². The highest BCUT2D eigenvalue weighted by Crippen LogP contribution is 2.34. The fraction of sp³-hybridized carbons (Fsp3) is 0.625. The van der Waals surface area contributed by atoms with Crippen LogP contribution in [-0.4, -0.2) is 84.4 Å². The summed E-state index contributed by atoms with van der Waals surface area (Å²) in [5, 5.41) is 6.00. The predicted molar refractivity (Wildman–Crippen MR) is 122 cm³/mol. The summed E-state index contributed by atoms with van der Waals surface area (Å²) in [6.07, 6.45) is 2.53. The van der Waals surface area contributed by atoms with Gasteiger partial charge in [-0.2, -0.15) is 0 Å². The third kappa shape index (κ3) is 5.41. The summed E-state index contributed by atoms with van der Waals surface area (Å²) in [5.74, 6) is 0.104. The molecule has 0 radical (unpaired) electrons. The second-order valence-corrected chi connectivity index (χ2v) is 9.29. The molecule has 1 saturated carbocycles. The Balaban J connectivity index is 1.32. The number of nitrogens with zero attached hydrogens (tertiary/aromatic N) is 3. The van der Waals surface area contributed by atoms with Crippen LogP contribution >= 0.6 is 0 Å². The number of carbonyl (C=O) groups excluding carboxylic acids is 3. The van der Waals surface area contributed by atoms with Gasteiger partial charge < -0.3 is 20.4 Å². The number of carbonyl (C=O) groups is 3. The number of piperazine rings is 1. The molecule has 4 rings (SSSR count). The van der Waals surface area contributed by atoms with Gasteiger partial charge in [0.15, 0.2) is 0 Å². The number of hydrogen-bond donors (Lipinski definition) is 2. The van der Waals surface area contributed by atoms with Crippen molar-refractivity contribution in [2.75, 3.05) is 45.8 Å². The summed E-state index contributed by atoms with van der Waals surface area (Å²) < 4.78 is 0. The topological polar surface area (TPSA) is 85.0 Å². The minimum absolute atomic E-state index is 0.0373. The van der Waals surface area contributed by atoms with E-state index >= 15 is 0 Å². The third-order valence-corrected chi connectivity index (χ3v) is 6.98. The molecular weight excluding hydrogens is 406 g/mol. The lowest BCUT2D eigenvalue weighted by molar-refractivity contribution is -0.137. The molecule has 2 saturated heterocycles. The maximum Gasteiger partial charge on any atom is 0.318 e. The maximum atomic E-state index is 13.2. The molecular formula is C24H35N5O3. The minimum atomic E-state index is -0.230. The highest BCUT2D eigenvalue weighted by molar-refractivity contribution is 5.85. The fourth-order valence-corrected chi connectivity index (χ4v) is 5.28. The summed E-state index contributed by atoms with van der Waals surface area (Å²) in [6, 6.07) is 9.46. The van der Waals surface area contributed by atoms with Crippen LogP contribution in [0.15, 0.2) is 30.3 Å². The Labute approximate surface area is 190 Å². The maximum absolute atomic E-state index is 13.2. The largest absolute Gasteiger partial charge is 0.351 e. The normalized spacial score (nSPS) is 26.3. The van der Waals surface area contributed by atoms with Crippen LogP contribution in [-0.2, 0) is 16.1 Å². The van der Waals surface area contributed by atoms with Crippen molar-refractivity contribution in [3.63, 3.8) is 0 Å². The highest BCUT2D eigenvalue weighted by Gasteiger charge is 2.43. The van der Waals surface area contributed by atoms with E-state index in [0.29, 0.717) is 19.5 Å².